The molecule has 2 heterocycles. The number of carbonyl (C=O) groups excluding carboxylic acids is 1. The van der Waals surface area contributed by atoms with Gasteiger partial charge in [0.2, 0.25) is 5.91 Å². The van der Waals surface area contributed by atoms with Crippen LogP contribution in [0, 0.1) is 18.8 Å². The summed E-state index contributed by atoms with van der Waals surface area (Å²) in [6, 6.07) is 14.2. The topological polar surface area (TPSA) is 59.2 Å². The Hall–Kier alpha value is -2.88. The normalized spacial score (nSPS) is 21.9. The molecule has 1 saturated heterocycles. The quantitative estimate of drug-likeness (QED) is 0.866. The van der Waals surface area contributed by atoms with Crippen molar-refractivity contribution in [1.29, 1.82) is 0 Å². The number of aryl methyl sites for hydroxylation is 1. The van der Waals surface area contributed by atoms with Crippen LogP contribution in [0.1, 0.15) is 23.2 Å². The number of pyridine rings is 1. The van der Waals surface area contributed by atoms with Crippen LogP contribution in [0.15, 0.2) is 54.6 Å². The Bertz CT molecular complexity index is 886. The van der Waals surface area contributed by atoms with Crippen molar-refractivity contribution < 1.29 is 4.79 Å². The van der Waals surface area contributed by atoms with Crippen molar-refractivity contribution in [2.75, 3.05) is 18.8 Å². The fourth-order valence-corrected chi connectivity index (χ4v) is 3.99. The molecule has 0 spiro atoms. The number of anilines is 1. The second kappa shape index (κ2) is 6.79. The van der Waals surface area contributed by atoms with Gasteiger partial charge in [-0.25, -0.2) is 4.98 Å². The van der Waals surface area contributed by atoms with Crippen LogP contribution in [0.2, 0.25) is 0 Å². The van der Waals surface area contributed by atoms with Crippen LogP contribution in [0.3, 0.4) is 0 Å². The number of amides is 1. The van der Waals surface area contributed by atoms with E-state index in [4.69, 9.17) is 5.73 Å². The maximum atomic E-state index is 12.6. The molecule has 1 aromatic carbocycles. The number of rotatable bonds is 3. The number of likely N-dealkylation sites (tertiary alicyclic amines) is 1. The van der Waals surface area contributed by atoms with Crippen LogP contribution in [0.4, 0.5) is 5.82 Å². The van der Waals surface area contributed by atoms with Crippen LogP contribution < -0.4 is 5.73 Å². The first kappa shape index (κ1) is 16.6. The molecule has 132 valence electrons. The van der Waals surface area contributed by atoms with Crippen molar-refractivity contribution in [2.45, 2.75) is 13.3 Å². The van der Waals surface area contributed by atoms with Gasteiger partial charge in [-0.3, -0.25) is 4.79 Å². The Balaban J connectivity index is 1.41. The van der Waals surface area contributed by atoms with E-state index in [1.54, 1.807) is 12.1 Å². The first-order valence-corrected chi connectivity index (χ1v) is 9.06. The minimum absolute atomic E-state index is 0.0743. The van der Waals surface area contributed by atoms with E-state index in [-0.39, 0.29) is 5.91 Å². The number of allylic oxidation sites excluding steroid dienone is 1. The van der Waals surface area contributed by atoms with Crippen LogP contribution in [-0.4, -0.2) is 28.9 Å². The number of aromatic nitrogens is 1. The predicted octanol–water partition coefficient (Wildman–Crippen LogP) is 3.55. The van der Waals surface area contributed by atoms with Gasteiger partial charge in [0, 0.05) is 24.9 Å². The molecule has 0 saturated carbocycles. The zero-order chi connectivity index (χ0) is 18.1. The molecule has 1 fully saturated rings. The molecule has 1 aliphatic carbocycles. The third-order valence-electron chi connectivity index (χ3n) is 5.40. The summed E-state index contributed by atoms with van der Waals surface area (Å²) in [6.45, 7) is 3.54. The summed E-state index contributed by atoms with van der Waals surface area (Å²) in [5.74, 6) is 1.59. The van der Waals surface area contributed by atoms with E-state index < -0.39 is 0 Å². The molecular formula is C22H23N3O. The lowest BCUT2D eigenvalue weighted by Gasteiger charge is -2.15. The highest BCUT2D eigenvalue weighted by Gasteiger charge is 2.37. The van der Waals surface area contributed by atoms with Crippen molar-refractivity contribution in [3.8, 4) is 0 Å². The summed E-state index contributed by atoms with van der Waals surface area (Å²) in [6.07, 6.45) is 6.92. The molecule has 1 aromatic heterocycles. The summed E-state index contributed by atoms with van der Waals surface area (Å²) in [5.41, 5.74) is 10.2. The molecule has 2 atom stereocenters. The van der Waals surface area contributed by atoms with Crippen molar-refractivity contribution in [2.24, 2.45) is 11.8 Å². The molecule has 26 heavy (non-hydrogen) atoms. The van der Waals surface area contributed by atoms with Crippen molar-refractivity contribution in [3.05, 3.63) is 71.4 Å². The average Bonchev–Trinajstić information content (AvgIpc) is 3.20. The molecule has 2 aliphatic rings. The van der Waals surface area contributed by atoms with E-state index in [2.05, 4.69) is 35.3 Å². The highest BCUT2D eigenvalue weighted by molar-refractivity contribution is 5.92. The van der Waals surface area contributed by atoms with Gasteiger partial charge >= 0.3 is 0 Å². The second-order valence-corrected chi connectivity index (χ2v) is 7.17. The van der Waals surface area contributed by atoms with Gasteiger partial charge in [-0.2, -0.15) is 0 Å². The van der Waals surface area contributed by atoms with Gasteiger partial charge in [0.25, 0.3) is 0 Å². The van der Waals surface area contributed by atoms with E-state index >= 15 is 0 Å². The van der Waals surface area contributed by atoms with Crippen molar-refractivity contribution >= 4 is 23.4 Å². The van der Waals surface area contributed by atoms with Crippen LogP contribution in [0.5, 0.6) is 0 Å². The largest absolute Gasteiger partial charge is 0.384 e. The molecule has 2 aromatic rings. The van der Waals surface area contributed by atoms with E-state index in [9.17, 15) is 4.79 Å². The minimum Gasteiger partial charge on any atom is -0.384 e. The molecule has 1 aliphatic heterocycles. The van der Waals surface area contributed by atoms with Crippen LogP contribution in [-0.2, 0) is 4.79 Å². The Morgan fingerprint density at radius 3 is 2.73 bits per heavy atom. The number of nitrogens with two attached hydrogens (primary N) is 1. The molecule has 0 radical (unpaired) electrons. The van der Waals surface area contributed by atoms with Gasteiger partial charge in [0.05, 0.1) is 0 Å². The van der Waals surface area contributed by atoms with Gasteiger partial charge in [-0.1, -0.05) is 36.4 Å². The number of nitrogens with zero attached hydrogens (tertiary/aromatic N) is 2. The number of benzene rings is 1. The van der Waals surface area contributed by atoms with E-state index in [0.29, 0.717) is 17.7 Å². The van der Waals surface area contributed by atoms with Crippen LogP contribution in [0.25, 0.3) is 11.6 Å². The molecule has 1 amide bonds. The lowest BCUT2D eigenvalue weighted by atomic mass is 9.98. The average molecular weight is 345 g/mol. The molecular weight excluding hydrogens is 322 g/mol. The van der Waals surface area contributed by atoms with E-state index in [1.807, 2.05) is 30.0 Å². The third-order valence-corrected chi connectivity index (χ3v) is 5.40. The number of hydrogen-bond donors (Lipinski definition) is 1. The van der Waals surface area contributed by atoms with E-state index in [1.165, 1.54) is 11.1 Å². The summed E-state index contributed by atoms with van der Waals surface area (Å²) >= 11 is 0. The summed E-state index contributed by atoms with van der Waals surface area (Å²) in [7, 11) is 0. The van der Waals surface area contributed by atoms with Crippen LogP contribution >= 0.6 is 0 Å². The smallest absolute Gasteiger partial charge is 0.246 e. The molecule has 2 unspecified atom stereocenters. The van der Waals surface area contributed by atoms with Gasteiger partial charge in [-0.15, -0.1) is 0 Å². The van der Waals surface area contributed by atoms with Crippen molar-refractivity contribution in [1.82, 2.24) is 9.88 Å². The molecule has 4 heteroatoms. The SMILES string of the molecule is Cc1nc(N)ccc1C=CC(=O)N1CC2C=C(c3ccccc3)CC2C1. The number of carbonyl (C=O) groups is 1. The maximum absolute atomic E-state index is 12.6. The zero-order valence-electron chi connectivity index (χ0n) is 14.9. The van der Waals surface area contributed by atoms with Crippen molar-refractivity contribution in [3.63, 3.8) is 0 Å². The maximum Gasteiger partial charge on any atom is 0.246 e. The molecule has 2 N–H and O–H groups in total. The first-order chi connectivity index (χ1) is 12.6. The summed E-state index contributed by atoms with van der Waals surface area (Å²) in [5, 5.41) is 0. The monoisotopic (exact) mass is 345 g/mol. The Labute approximate surface area is 154 Å². The standard InChI is InChI=1S/C22H23N3O/c1-15-16(7-9-21(23)24-15)8-10-22(26)25-13-19-11-18(12-20(19)14-25)17-5-3-2-4-6-17/h2-11,19-20H,12-14H2,1H3,(H2,23,24). The summed E-state index contributed by atoms with van der Waals surface area (Å²) < 4.78 is 0. The fraction of sp³-hybridized carbons (Fsp3) is 0.273. The lowest BCUT2D eigenvalue weighted by molar-refractivity contribution is -0.125. The first-order valence-electron chi connectivity index (χ1n) is 9.06. The highest BCUT2D eigenvalue weighted by Crippen LogP contribution is 2.40. The Kier molecular flexibility index (Phi) is 4.33. The summed E-state index contributed by atoms with van der Waals surface area (Å²) in [4.78, 5) is 18.7. The molecule has 4 rings (SSSR count). The predicted molar refractivity (Wildman–Crippen MR) is 105 cm³/mol. The van der Waals surface area contributed by atoms with Gasteiger partial charge in [-0.05, 0) is 60.1 Å². The lowest BCUT2D eigenvalue weighted by Crippen LogP contribution is -2.27. The molecule has 0 bridgehead atoms. The Morgan fingerprint density at radius 2 is 2.00 bits per heavy atom. The fourth-order valence-electron chi connectivity index (χ4n) is 3.99. The van der Waals surface area contributed by atoms with Gasteiger partial charge < -0.3 is 10.6 Å². The Morgan fingerprint density at radius 1 is 1.19 bits per heavy atom. The number of hydrogen-bond acceptors (Lipinski definition) is 3. The van der Waals surface area contributed by atoms with Gasteiger partial charge in [0.1, 0.15) is 5.82 Å². The molecule has 4 nitrogen and oxygen atoms in total. The zero-order valence-corrected chi connectivity index (χ0v) is 14.9. The number of fused-ring (bicyclic) bond motifs is 1. The van der Waals surface area contributed by atoms with E-state index in [0.717, 1.165) is 30.8 Å². The minimum atomic E-state index is 0.0743. The van der Waals surface area contributed by atoms with Gasteiger partial charge in [0.15, 0.2) is 0 Å². The second-order valence-electron chi connectivity index (χ2n) is 7.17. The number of nitrogen functional groups attached to an aromatic ring is 1. The third kappa shape index (κ3) is 3.27. The highest BCUT2D eigenvalue weighted by atomic mass is 16.2.